The molecule has 0 aliphatic rings. The highest BCUT2D eigenvalue weighted by Gasteiger charge is 2.11. The van der Waals surface area contributed by atoms with Gasteiger partial charge < -0.3 is 20.1 Å². The Kier molecular flexibility index (Phi) is 8.80. The van der Waals surface area contributed by atoms with Gasteiger partial charge in [0.2, 0.25) is 0 Å². The third kappa shape index (κ3) is 7.01. The Bertz CT molecular complexity index is 989. The molecule has 2 rings (SSSR count). The van der Waals surface area contributed by atoms with Crippen LogP contribution in [0.3, 0.4) is 0 Å². The molecule has 0 atom stereocenters. The lowest BCUT2D eigenvalue weighted by atomic mass is 10.1. The molecule has 0 saturated heterocycles. The predicted molar refractivity (Wildman–Crippen MR) is 114 cm³/mol. The van der Waals surface area contributed by atoms with E-state index in [0.717, 1.165) is 5.56 Å². The number of ether oxygens (including phenoxy) is 2. The number of nitrogens with zero attached hydrogens (tertiary/aromatic N) is 1. The molecule has 0 bridgehead atoms. The highest BCUT2D eigenvalue weighted by molar-refractivity contribution is 6.06. The summed E-state index contributed by atoms with van der Waals surface area (Å²) in [5.41, 5.74) is 2.00. The Morgan fingerprint density at radius 3 is 1.90 bits per heavy atom. The van der Waals surface area contributed by atoms with Gasteiger partial charge in [0.15, 0.2) is 0 Å². The van der Waals surface area contributed by atoms with Crippen LogP contribution in [0.1, 0.15) is 40.1 Å². The third-order valence-corrected chi connectivity index (χ3v) is 4.04. The summed E-state index contributed by atoms with van der Waals surface area (Å²) in [5, 5.41) is 14.8. The molecule has 0 aliphatic heterocycles. The van der Waals surface area contributed by atoms with Gasteiger partial charge in [-0.15, -0.1) is 0 Å². The fourth-order valence-corrected chi connectivity index (χ4v) is 2.50. The number of carbonyl (C=O) groups is 3. The molecule has 0 radical (unpaired) electrons. The number of nitriles is 1. The Hall–Kier alpha value is -4.12. The zero-order valence-electron chi connectivity index (χ0n) is 17.3. The molecule has 0 spiro atoms. The minimum absolute atomic E-state index is 0.113. The van der Waals surface area contributed by atoms with Crippen molar-refractivity contribution in [3.8, 4) is 6.07 Å². The molecule has 8 heteroatoms. The normalized spacial score (nSPS) is 10.5. The predicted octanol–water partition coefficient (Wildman–Crippen LogP) is 3.18. The summed E-state index contributed by atoms with van der Waals surface area (Å²) in [6.45, 7) is 4.40. The summed E-state index contributed by atoms with van der Waals surface area (Å²) < 4.78 is 9.84. The second kappa shape index (κ2) is 11.8. The Morgan fingerprint density at radius 1 is 0.903 bits per heavy atom. The van der Waals surface area contributed by atoms with Crippen LogP contribution in [0.5, 0.6) is 0 Å². The van der Waals surface area contributed by atoms with E-state index in [4.69, 9.17) is 9.47 Å². The molecular formula is C23H23N3O5. The van der Waals surface area contributed by atoms with Gasteiger partial charge in [-0.1, -0.05) is 12.1 Å². The van der Waals surface area contributed by atoms with Crippen molar-refractivity contribution in [1.29, 1.82) is 5.26 Å². The first-order valence-corrected chi connectivity index (χ1v) is 9.66. The Labute approximate surface area is 180 Å². The van der Waals surface area contributed by atoms with E-state index >= 15 is 0 Å². The van der Waals surface area contributed by atoms with Crippen molar-refractivity contribution in [3.63, 3.8) is 0 Å². The Balaban J connectivity index is 1.92. The molecular weight excluding hydrogens is 398 g/mol. The van der Waals surface area contributed by atoms with Crippen molar-refractivity contribution in [2.24, 2.45) is 0 Å². The van der Waals surface area contributed by atoms with Crippen LogP contribution in [-0.4, -0.2) is 31.1 Å². The zero-order valence-corrected chi connectivity index (χ0v) is 17.3. The average Bonchev–Trinajstić information content (AvgIpc) is 2.78. The van der Waals surface area contributed by atoms with Crippen LogP contribution in [-0.2, 0) is 20.8 Å². The van der Waals surface area contributed by atoms with Crippen molar-refractivity contribution in [3.05, 3.63) is 77.0 Å². The summed E-state index contributed by atoms with van der Waals surface area (Å²) in [7, 11) is 0. The fraction of sp³-hybridized carbons (Fsp3) is 0.217. The summed E-state index contributed by atoms with van der Waals surface area (Å²) in [6.07, 6.45) is 1.32. The van der Waals surface area contributed by atoms with Crippen molar-refractivity contribution < 1.29 is 23.9 Å². The highest BCUT2D eigenvalue weighted by Crippen LogP contribution is 2.12. The molecule has 0 heterocycles. The highest BCUT2D eigenvalue weighted by atomic mass is 16.5. The molecule has 0 unspecified atom stereocenters. The zero-order chi connectivity index (χ0) is 22.6. The molecule has 31 heavy (non-hydrogen) atoms. The monoisotopic (exact) mass is 421 g/mol. The molecule has 0 aliphatic carbocycles. The molecule has 0 fully saturated rings. The van der Waals surface area contributed by atoms with Crippen LogP contribution >= 0.6 is 0 Å². The van der Waals surface area contributed by atoms with E-state index in [1.54, 1.807) is 50.2 Å². The fourth-order valence-electron chi connectivity index (χ4n) is 2.50. The average molecular weight is 421 g/mol. The van der Waals surface area contributed by atoms with Crippen LogP contribution in [0.15, 0.2) is 60.3 Å². The molecule has 160 valence electrons. The summed E-state index contributed by atoms with van der Waals surface area (Å²) in [6, 6.07) is 14.8. The van der Waals surface area contributed by atoms with E-state index in [-0.39, 0.29) is 18.1 Å². The lowest BCUT2D eigenvalue weighted by Gasteiger charge is -2.07. The molecule has 2 N–H and O–H groups in total. The number of rotatable bonds is 9. The van der Waals surface area contributed by atoms with Gasteiger partial charge >= 0.3 is 11.9 Å². The topological polar surface area (TPSA) is 118 Å². The number of benzene rings is 2. The van der Waals surface area contributed by atoms with Gasteiger partial charge in [-0.25, -0.2) is 9.59 Å². The maximum atomic E-state index is 12.3. The van der Waals surface area contributed by atoms with Gasteiger partial charge in [0, 0.05) is 18.4 Å². The standard InChI is InChI=1S/C23H23N3O5/c1-3-30-22(28)17-7-5-16(6-8-17)14-25-15-19(13-24)21(27)26-20-11-9-18(10-12-20)23(29)31-4-2/h5-12,15,25H,3-4,14H2,1-2H3,(H,26,27)/b19-15-. The second-order valence-corrected chi connectivity index (χ2v) is 6.22. The number of anilines is 1. The van der Waals surface area contributed by atoms with Gasteiger partial charge in [-0.3, -0.25) is 4.79 Å². The summed E-state index contributed by atoms with van der Waals surface area (Å²) >= 11 is 0. The number of hydrogen-bond donors (Lipinski definition) is 2. The molecule has 2 aromatic carbocycles. The van der Waals surface area contributed by atoms with Crippen LogP contribution in [0.25, 0.3) is 0 Å². The Morgan fingerprint density at radius 2 is 1.42 bits per heavy atom. The number of hydrogen-bond acceptors (Lipinski definition) is 7. The van der Waals surface area contributed by atoms with Crippen LogP contribution in [0, 0.1) is 11.3 Å². The second-order valence-electron chi connectivity index (χ2n) is 6.22. The van der Waals surface area contributed by atoms with Crippen molar-refractivity contribution in [2.45, 2.75) is 20.4 Å². The number of amides is 1. The van der Waals surface area contributed by atoms with Gasteiger partial charge in [-0.2, -0.15) is 5.26 Å². The van der Waals surface area contributed by atoms with Gasteiger partial charge in [0.25, 0.3) is 5.91 Å². The van der Waals surface area contributed by atoms with E-state index in [1.807, 2.05) is 6.07 Å². The largest absolute Gasteiger partial charge is 0.462 e. The minimum Gasteiger partial charge on any atom is -0.462 e. The van der Waals surface area contributed by atoms with Gasteiger partial charge in [0.05, 0.1) is 24.3 Å². The lowest BCUT2D eigenvalue weighted by Crippen LogP contribution is -2.16. The first kappa shape index (κ1) is 23.2. The maximum absolute atomic E-state index is 12.3. The van der Waals surface area contributed by atoms with Crippen LogP contribution < -0.4 is 10.6 Å². The smallest absolute Gasteiger partial charge is 0.338 e. The molecule has 0 saturated carbocycles. The van der Waals surface area contributed by atoms with Gasteiger partial charge in [0.1, 0.15) is 11.6 Å². The van der Waals surface area contributed by atoms with E-state index in [0.29, 0.717) is 30.0 Å². The maximum Gasteiger partial charge on any atom is 0.338 e. The van der Waals surface area contributed by atoms with Crippen molar-refractivity contribution in [2.75, 3.05) is 18.5 Å². The van der Waals surface area contributed by atoms with E-state index in [9.17, 15) is 19.6 Å². The molecule has 0 aromatic heterocycles. The minimum atomic E-state index is -0.587. The molecule has 2 aromatic rings. The van der Waals surface area contributed by atoms with Crippen molar-refractivity contribution in [1.82, 2.24) is 5.32 Å². The van der Waals surface area contributed by atoms with E-state index < -0.39 is 11.9 Å². The van der Waals surface area contributed by atoms with Crippen LogP contribution in [0.4, 0.5) is 5.69 Å². The van der Waals surface area contributed by atoms with E-state index in [1.165, 1.54) is 18.3 Å². The van der Waals surface area contributed by atoms with E-state index in [2.05, 4.69) is 10.6 Å². The summed E-state index contributed by atoms with van der Waals surface area (Å²) in [5.74, 6) is -1.42. The third-order valence-electron chi connectivity index (χ3n) is 4.04. The lowest BCUT2D eigenvalue weighted by molar-refractivity contribution is -0.112. The number of esters is 2. The van der Waals surface area contributed by atoms with Gasteiger partial charge in [-0.05, 0) is 55.8 Å². The first-order valence-electron chi connectivity index (χ1n) is 9.66. The van der Waals surface area contributed by atoms with Crippen LogP contribution in [0.2, 0.25) is 0 Å². The number of nitrogens with one attached hydrogen (secondary N) is 2. The van der Waals surface area contributed by atoms with Crippen molar-refractivity contribution >= 4 is 23.5 Å². The first-order chi connectivity index (χ1) is 15.0. The SMILES string of the molecule is CCOC(=O)c1ccc(CN/C=C(/C#N)C(=O)Nc2ccc(C(=O)OCC)cc2)cc1. The molecule has 1 amide bonds. The quantitative estimate of drug-likeness (QED) is 0.363. The summed E-state index contributed by atoms with van der Waals surface area (Å²) in [4.78, 5) is 35.6. The molecule has 8 nitrogen and oxygen atoms in total. The number of carbonyl (C=O) groups excluding carboxylic acids is 3.